The Morgan fingerprint density at radius 2 is 1.74 bits per heavy atom. The number of nitrogens with zero attached hydrogens (tertiary/aromatic N) is 2. The van der Waals surface area contributed by atoms with Crippen molar-refractivity contribution < 1.29 is 0 Å². The molecule has 3 aromatic rings. The first-order chi connectivity index (χ1) is 11.1. The number of hydrogen-bond donors (Lipinski definition) is 0. The van der Waals surface area contributed by atoms with Gasteiger partial charge in [0.15, 0.2) is 0 Å². The molecule has 0 N–H and O–H groups in total. The van der Waals surface area contributed by atoms with Crippen LogP contribution in [0.2, 0.25) is 0 Å². The summed E-state index contributed by atoms with van der Waals surface area (Å²) in [6, 6.07) is 19.1. The fraction of sp³-hybridized carbons (Fsp3) is 0.238. The molecule has 2 aromatic carbocycles. The number of benzene rings is 2. The summed E-state index contributed by atoms with van der Waals surface area (Å²) in [4.78, 5) is 9.53. The molecule has 0 amide bonds. The Morgan fingerprint density at radius 3 is 2.65 bits per heavy atom. The lowest BCUT2D eigenvalue weighted by Gasteiger charge is -2.25. The van der Waals surface area contributed by atoms with Crippen molar-refractivity contribution in [3.05, 3.63) is 77.5 Å². The van der Waals surface area contributed by atoms with Gasteiger partial charge < -0.3 is 0 Å². The molecule has 2 heterocycles. The minimum absolute atomic E-state index is 0.145. The van der Waals surface area contributed by atoms with Crippen molar-refractivity contribution in [1.82, 2.24) is 4.98 Å². The Kier molecular flexibility index (Phi) is 3.26. The molecule has 2 heteroatoms. The Labute approximate surface area is 136 Å². The van der Waals surface area contributed by atoms with Crippen molar-refractivity contribution in [2.75, 3.05) is 6.54 Å². The third kappa shape index (κ3) is 2.44. The average molecular weight is 300 g/mol. The minimum Gasteiger partial charge on any atom is -0.284 e. The first kappa shape index (κ1) is 14.1. The maximum absolute atomic E-state index is 4.91. The molecule has 0 bridgehead atoms. The van der Waals surface area contributed by atoms with Gasteiger partial charge in [-0.2, -0.15) is 0 Å². The van der Waals surface area contributed by atoms with Crippen LogP contribution in [0.25, 0.3) is 10.9 Å². The van der Waals surface area contributed by atoms with Crippen LogP contribution in [0.4, 0.5) is 0 Å². The Bertz CT molecular complexity index is 906. The van der Waals surface area contributed by atoms with E-state index in [0.717, 1.165) is 35.1 Å². The van der Waals surface area contributed by atoms with Crippen LogP contribution in [0, 0.1) is 0 Å². The second-order valence-electron chi connectivity index (χ2n) is 6.83. The van der Waals surface area contributed by atoms with Crippen molar-refractivity contribution in [1.29, 1.82) is 0 Å². The summed E-state index contributed by atoms with van der Waals surface area (Å²) in [5.74, 6) is 0. The predicted molar refractivity (Wildman–Crippen MR) is 96.3 cm³/mol. The molecule has 0 saturated carbocycles. The molecule has 1 aliphatic heterocycles. The minimum atomic E-state index is 0.145. The molecule has 1 aliphatic rings. The number of rotatable bonds is 1. The number of aliphatic imine (C=N–C) groups is 1. The van der Waals surface area contributed by atoms with E-state index in [-0.39, 0.29) is 5.41 Å². The van der Waals surface area contributed by atoms with Crippen LogP contribution in [0.5, 0.6) is 0 Å². The summed E-state index contributed by atoms with van der Waals surface area (Å²) in [7, 11) is 0. The number of para-hydroxylation sites is 1. The second-order valence-corrected chi connectivity index (χ2v) is 6.83. The van der Waals surface area contributed by atoms with Crippen LogP contribution in [0.15, 0.2) is 65.8 Å². The highest BCUT2D eigenvalue weighted by Gasteiger charge is 2.27. The van der Waals surface area contributed by atoms with Crippen LogP contribution in [-0.2, 0) is 5.41 Å². The van der Waals surface area contributed by atoms with Crippen LogP contribution in [0.3, 0.4) is 0 Å². The lowest BCUT2D eigenvalue weighted by atomic mass is 9.78. The first-order valence-electron chi connectivity index (χ1n) is 8.15. The monoisotopic (exact) mass is 300 g/mol. The molecule has 2 nitrogen and oxygen atoms in total. The van der Waals surface area contributed by atoms with Crippen LogP contribution in [0.1, 0.15) is 37.0 Å². The summed E-state index contributed by atoms with van der Waals surface area (Å²) in [6.45, 7) is 5.47. The van der Waals surface area contributed by atoms with Gasteiger partial charge in [0.05, 0.1) is 11.2 Å². The smallest absolute Gasteiger partial charge is 0.0737 e. The van der Waals surface area contributed by atoms with Crippen LogP contribution < -0.4 is 0 Å². The van der Waals surface area contributed by atoms with E-state index in [4.69, 9.17) is 4.99 Å². The fourth-order valence-electron chi connectivity index (χ4n) is 3.39. The summed E-state index contributed by atoms with van der Waals surface area (Å²) < 4.78 is 0. The van der Waals surface area contributed by atoms with Crippen molar-refractivity contribution >= 4 is 16.6 Å². The molecule has 4 rings (SSSR count). The zero-order valence-electron chi connectivity index (χ0n) is 13.6. The largest absolute Gasteiger partial charge is 0.284 e. The highest BCUT2D eigenvalue weighted by Crippen LogP contribution is 2.33. The van der Waals surface area contributed by atoms with Gasteiger partial charge in [-0.15, -0.1) is 0 Å². The zero-order chi connectivity index (χ0) is 15.9. The lowest BCUT2D eigenvalue weighted by molar-refractivity contribution is 0.492. The van der Waals surface area contributed by atoms with Gasteiger partial charge in [-0.1, -0.05) is 56.3 Å². The van der Waals surface area contributed by atoms with Crippen molar-refractivity contribution in [3.63, 3.8) is 0 Å². The van der Waals surface area contributed by atoms with Gasteiger partial charge in [0.2, 0.25) is 0 Å². The molecule has 23 heavy (non-hydrogen) atoms. The molecule has 0 saturated heterocycles. The van der Waals surface area contributed by atoms with Crippen molar-refractivity contribution in [3.8, 4) is 0 Å². The number of hydrogen-bond acceptors (Lipinski definition) is 2. The summed E-state index contributed by atoms with van der Waals surface area (Å²) in [6.07, 6.45) is 3.02. The van der Waals surface area contributed by atoms with Crippen molar-refractivity contribution in [2.45, 2.75) is 25.7 Å². The Morgan fingerprint density at radius 1 is 0.957 bits per heavy atom. The van der Waals surface area contributed by atoms with Gasteiger partial charge in [0.1, 0.15) is 0 Å². The summed E-state index contributed by atoms with van der Waals surface area (Å²) in [5, 5.41) is 1.16. The summed E-state index contributed by atoms with van der Waals surface area (Å²) >= 11 is 0. The molecule has 0 spiro atoms. The lowest BCUT2D eigenvalue weighted by Crippen LogP contribution is -2.19. The van der Waals surface area contributed by atoms with Gasteiger partial charge in [-0.05, 0) is 29.5 Å². The molecular formula is C21H20N2. The van der Waals surface area contributed by atoms with Gasteiger partial charge in [-0.25, -0.2) is 0 Å². The molecule has 0 aliphatic carbocycles. The predicted octanol–water partition coefficient (Wildman–Crippen LogP) is 4.75. The number of aromatic nitrogens is 1. The van der Waals surface area contributed by atoms with Crippen LogP contribution in [-0.4, -0.2) is 17.2 Å². The van der Waals surface area contributed by atoms with E-state index < -0.39 is 0 Å². The van der Waals surface area contributed by atoms with Gasteiger partial charge in [-0.3, -0.25) is 9.98 Å². The average Bonchev–Trinajstić information content (AvgIpc) is 2.71. The SMILES string of the molecule is CC1(C)CCN=C(c2cnc3ccccc3c2)c2ccccc21. The third-order valence-corrected chi connectivity index (χ3v) is 4.78. The second kappa shape index (κ2) is 5.31. The maximum atomic E-state index is 4.91. The Balaban J connectivity index is 1.91. The topological polar surface area (TPSA) is 25.2 Å². The molecule has 0 fully saturated rings. The molecule has 0 atom stereocenters. The molecule has 1 aromatic heterocycles. The third-order valence-electron chi connectivity index (χ3n) is 4.78. The molecule has 114 valence electrons. The molecular weight excluding hydrogens is 280 g/mol. The Hall–Kier alpha value is -2.48. The molecule has 0 unspecified atom stereocenters. The van der Waals surface area contributed by atoms with Gasteiger partial charge in [0.25, 0.3) is 0 Å². The number of fused-ring (bicyclic) bond motifs is 2. The normalized spacial score (nSPS) is 16.5. The summed E-state index contributed by atoms with van der Waals surface area (Å²) in [5.41, 5.74) is 5.97. The first-order valence-corrected chi connectivity index (χ1v) is 8.15. The van der Waals surface area contributed by atoms with E-state index in [2.05, 4.69) is 61.3 Å². The van der Waals surface area contributed by atoms with E-state index in [1.807, 2.05) is 18.3 Å². The van der Waals surface area contributed by atoms with Gasteiger partial charge >= 0.3 is 0 Å². The fourth-order valence-corrected chi connectivity index (χ4v) is 3.39. The van der Waals surface area contributed by atoms with Crippen LogP contribution >= 0.6 is 0 Å². The van der Waals surface area contributed by atoms with E-state index >= 15 is 0 Å². The highest BCUT2D eigenvalue weighted by molar-refractivity contribution is 6.15. The van der Waals surface area contributed by atoms with E-state index in [1.165, 1.54) is 11.1 Å². The van der Waals surface area contributed by atoms with E-state index in [1.54, 1.807) is 0 Å². The number of pyridine rings is 1. The van der Waals surface area contributed by atoms with E-state index in [0.29, 0.717) is 0 Å². The quantitative estimate of drug-likeness (QED) is 0.636. The van der Waals surface area contributed by atoms with Gasteiger partial charge in [0, 0.05) is 29.3 Å². The highest BCUT2D eigenvalue weighted by atomic mass is 14.8. The molecule has 0 radical (unpaired) electrons. The van der Waals surface area contributed by atoms with E-state index in [9.17, 15) is 0 Å². The maximum Gasteiger partial charge on any atom is 0.0737 e. The van der Waals surface area contributed by atoms with Crippen molar-refractivity contribution in [2.24, 2.45) is 4.99 Å². The zero-order valence-corrected chi connectivity index (χ0v) is 13.6. The standard InChI is InChI=1S/C21H20N2/c1-21(2)11-12-22-20(17-8-4-5-9-18(17)21)16-13-15-7-3-6-10-19(15)23-14-16/h3-10,13-14H,11-12H2,1-2H3.